The predicted octanol–water partition coefficient (Wildman–Crippen LogP) is 2.20. The van der Waals surface area contributed by atoms with E-state index in [9.17, 15) is 0 Å². The van der Waals surface area contributed by atoms with Gasteiger partial charge in [-0.3, -0.25) is 0 Å². The number of aromatic nitrogens is 3. The maximum Gasteiger partial charge on any atom is 0.277 e. The summed E-state index contributed by atoms with van der Waals surface area (Å²) in [5.41, 5.74) is 0.670. The Labute approximate surface area is 83.1 Å². The van der Waals surface area contributed by atoms with Crippen LogP contribution in [0.5, 0.6) is 0 Å². The SMILES string of the molecule is Cc1noc(-c2ncccc2Br)n1. The summed E-state index contributed by atoms with van der Waals surface area (Å²) >= 11 is 3.35. The average Bonchev–Trinajstić information content (AvgIpc) is 2.53. The third-order valence-corrected chi connectivity index (χ3v) is 2.13. The quantitative estimate of drug-likeness (QED) is 0.766. The summed E-state index contributed by atoms with van der Waals surface area (Å²) in [6.45, 7) is 1.77. The minimum absolute atomic E-state index is 0.435. The Kier molecular flexibility index (Phi) is 2.10. The Hall–Kier alpha value is -1.23. The average molecular weight is 240 g/mol. The molecule has 0 saturated carbocycles. The summed E-state index contributed by atoms with van der Waals surface area (Å²) in [5.74, 6) is 1.04. The van der Waals surface area contributed by atoms with E-state index in [2.05, 4.69) is 31.1 Å². The summed E-state index contributed by atoms with van der Waals surface area (Å²) in [7, 11) is 0. The molecule has 66 valence electrons. The van der Waals surface area contributed by atoms with Crippen molar-refractivity contribution < 1.29 is 4.52 Å². The van der Waals surface area contributed by atoms with Crippen LogP contribution < -0.4 is 0 Å². The monoisotopic (exact) mass is 239 g/mol. The lowest BCUT2D eigenvalue weighted by molar-refractivity contribution is 0.424. The minimum Gasteiger partial charge on any atom is -0.332 e. The van der Waals surface area contributed by atoms with Crippen molar-refractivity contribution in [3.05, 3.63) is 28.6 Å². The van der Waals surface area contributed by atoms with Gasteiger partial charge in [0.1, 0.15) is 5.69 Å². The van der Waals surface area contributed by atoms with E-state index in [-0.39, 0.29) is 0 Å². The van der Waals surface area contributed by atoms with Gasteiger partial charge in [-0.25, -0.2) is 4.98 Å². The summed E-state index contributed by atoms with van der Waals surface area (Å²) < 4.78 is 5.82. The van der Waals surface area contributed by atoms with Gasteiger partial charge in [0.25, 0.3) is 5.89 Å². The molecular formula is C8H6BrN3O. The molecular weight excluding hydrogens is 234 g/mol. The van der Waals surface area contributed by atoms with Crippen LogP contribution in [0.25, 0.3) is 11.6 Å². The molecule has 0 saturated heterocycles. The Morgan fingerprint density at radius 1 is 1.46 bits per heavy atom. The molecule has 0 aliphatic heterocycles. The van der Waals surface area contributed by atoms with Crippen molar-refractivity contribution in [2.45, 2.75) is 6.92 Å². The van der Waals surface area contributed by atoms with Crippen LogP contribution in [-0.4, -0.2) is 15.1 Å². The molecule has 0 unspecified atom stereocenters. The van der Waals surface area contributed by atoms with E-state index in [1.807, 2.05) is 12.1 Å². The predicted molar refractivity (Wildman–Crippen MR) is 50.0 cm³/mol. The Balaban J connectivity index is 2.52. The third kappa shape index (κ3) is 1.60. The zero-order valence-electron chi connectivity index (χ0n) is 6.86. The summed E-state index contributed by atoms with van der Waals surface area (Å²) in [6, 6.07) is 3.71. The molecule has 0 fully saturated rings. The molecule has 0 atom stereocenters. The van der Waals surface area contributed by atoms with E-state index >= 15 is 0 Å². The smallest absolute Gasteiger partial charge is 0.277 e. The van der Waals surface area contributed by atoms with Gasteiger partial charge in [0, 0.05) is 10.7 Å². The van der Waals surface area contributed by atoms with Crippen LogP contribution in [0.3, 0.4) is 0 Å². The largest absolute Gasteiger partial charge is 0.332 e. The van der Waals surface area contributed by atoms with Crippen molar-refractivity contribution >= 4 is 15.9 Å². The topological polar surface area (TPSA) is 51.8 Å². The highest BCUT2D eigenvalue weighted by molar-refractivity contribution is 9.10. The molecule has 0 spiro atoms. The summed E-state index contributed by atoms with van der Waals surface area (Å²) in [4.78, 5) is 8.19. The molecule has 0 aromatic carbocycles. The first-order valence-electron chi connectivity index (χ1n) is 3.68. The Morgan fingerprint density at radius 2 is 2.31 bits per heavy atom. The van der Waals surface area contributed by atoms with Crippen LogP contribution in [-0.2, 0) is 0 Å². The van der Waals surface area contributed by atoms with Crippen LogP contribution in [0.1, 0.15) is 5.82 Å². The summed E-state index contributed by atoms with van der Waals surface area (Å²) in [5, 5.41) is 3.69. The second kappa shape index (κ2) is 3.26. The molecule has 2 aromatic rings. The Bertz CT molecular complexity index is 427. The lowest BCUT2D eigenvalue weighted by Crippen LogP contribution is -1.84. The van der Waals surface area contributed by atoms with Gasteiger partial charge in [-0.1, -0.05) is 5.16 Å². The van der Waals surface area contributed by atoms with Gasteiger partial charge in [0.2, 0.25) is 0 Å². The van der Waals surface area contributed by atoms with Crippen molar-refractivity contribution in [1.29, 1.82) is 0 Å². The van der Waals surface area contributed by atoms with Gasteiger partial charge in [0.05, 0.1) is 0 Å². The fourth-order valence-electron chi connectivity index (χ4n) is 0.936. The standard InChI is InChI=1S/C8H6BrN3O/c1-5-11-8(13-12-5)7-6(9)3-2-4-10-7/h2-4H,1H3. The van der Waals surface area contributed by atoms with Gasteiger partial charge >= 0.3 is 0 Å². The number of rotatable bonds is 1. The lowest BCUT2D eigenvalue weighted by atomic mass is 10.3. The first kappa shape index (κ1) is 8.37. The van der Waals surface area contributed by atoms with E-state index in [1.54, 1.807) is 13.1 Å². The maximum absolute atomic E-state index is 4.98. The molecule has 0 aliphatic carbocycles. The molecule has 5 heteroatoms. The van der Waals surface area contributed by atoms with E-state index in [0.717, 1.165) is 4.47 Å². The highest BCUT2D eigenvalue weighted by Crippen LogP contribution is 2.23. The van der Waals surface area contributed by atoms with E-state index in [1.165, 1.54) is 0 Å². The number of halogens is 1. The normalized spacial score (nSPS) is 10.3. The third-order valence-electron chi connectivity index (χ3n) is 1.49. The van der Waals surface area contributed by atoms with Gasteiger partial charge in [-0.15, -0.1) is 0 Å². The van der Waals surface area contributed by atoms with E-state index in [0.29, 0.717) is 17.4 Å². The second-order valence-corrected chi connectivity index (χ2v) is 3.33. The zero-order chi connectivity index (χ0) is 9.26. The fraction of sp³-hybridized carbons (Fsp3) is 0.125. The van der Waals surface area contributed by atoms with Crippen molar-refractivity contribution in [1.82, 2.24) is 15.1 Å². The molecule has 4 nitrogen and oxygen atoms in total. The van der Waals surface area contributed by atoms with Crippen LogP contribution in [0.15, 0.2) is 27.3 Å². The molecule has 0 aliphatic rings. The van der Waals surface area contributed by atoms with Gasteiger partial charge in [-0.2, -0.15) is 4.98 Å². The molecule has 0 radical (unpaired) electrons. The molecule has 0 bridgehead atoms. The number of aryl methyl sites for hydroxylation is 1. The van der Waals surface area contributed by atoms with Crippen LogP contribution in [0.2, 0.25) is 0 Å². The van der Waals surface area contributed by atoms with Gasteiger partial charge in [0.15, 0.2) is 5.82 Å². The number of hydrogen-bond donors (Lipinski definition) is 0. The highest BCUT2D eigenvalue weighted by Gasteiger charge is 2.10. The molecule has 2 heterocycles. The molecule has 2 rings (SSSR count). The van der Waals surface area contributed by atoms with Crippen LogP contribution >= 0.6 is 15.9 Å². The van der Waals surface area contributed by atoms with Crippen molar-refractivity contribution in [2.24, 2.45) is 0 Å². The van der Waals surface area contributed by atoms with E-state index in [4.69, 9.17) is 4.52 Å². The molecule has 0 N–H and O–H groups in total. The van der Waals surface area contributed by atoms with Crippen molar-refractivity contribution in [2.75, 3.05) is 0 Å². The Morgan fingerprint density at radius 3 is 2.92 bits per heavy atom. The first-order valence-corrected chi connectivity index (χ1v) is 4.48. The van der Waals surface area contributed by atoms with Crippen molar-refractivity contribution in [3.63, 3.8) is 0 Å². The second-order valence-electron chi connectivity index (χ2n) is 2.48. The maximum atomic E-state index is 4.98. The number of nitrogens with zero attached hydrogens (tertiary/aromatic N) is 3. The van der Waals surface area contributed by atoms with Gasteiger partial charge < -0.3 is 4.52 Å². The number of pyridine rings is 1. The minimum atomic E-state index is 0.435. The molecule has 13 heavy (non-hydrogen) atoms. The van der Waals surface area contributed by atoms with E-state index < -0.39 is 0 Å². The molecule has 2 aromatic heterocycles. The van der Waals surface area contributed by atoms with Gasteiger partial charge in [-0.05, 0) is 35.0 Å². The summed E-state index contributed by atoms with van der Waals surface area (Å²) in [6.07, 6.45) is 1.68. The van der Waals surface area contributed by atoms with Crippen LogP contribution in [0, 0.1) is 6.92 Å². The highest BCUT2D eigenvalue weighted by atomic mass is 79.9. The lowest BCUT2D eigenvalue weighted by Gasteiger charge is -1.94. The number of hydrogen-bond acceptors (Lipinski definition) is 4. The molecule has 0 amide bonds. The van der Waals surface area contributed by atoms with Crippen LogP contribution in [0.4, 0.5) is 0 Å². The van der Waals surface area contributed by atoms with Crippen molar-refractivity contribution in [3.8, 4) is 11.6 Å². The first-order chi connectivity index (χ1) is 6.27. The zero-order valence-corrected chi connectivity index (χ0v) is 8.45. The fourth-order valence-corrected chi connectivity index (χ4v) is 1.36.